The fraction of sp³-hybridized carbons (Fsp3) is 0.917. The van der Waals surface area contributed by atoms with Crippen molar-refractivity contribution >= 4 is 5.91 Å². The maximum Gasteiger partial charge on any atom is 0.227 e. The van der Waals surface area contributed by atoms with Crippen LogP contribution < -0.4 is 5.32 Å². The molecule has 1 aliphatic rings. The summed E-state index contributed by atoms with van der Waals surface area (Å²) in [6.07, 6.45) is 3.02. The number of rotatable bonds is 6. The lowest BCUT2D eigenvalue weighted by Crippen LogP contribution is -2.42. The van der Waals surface area contributed by atoms with E-state index in [0.717, 1.165) is 32.4 Å². The Morgan fingerprint density at radius 2 is 2.25 bits per heavy atom. The van der Waals surface area contributed by atoms with Crippen molar-refractivity contribution in [3.8, 4) is 0 Å². The molecular formula is C12H24N2O2. The summed E-state index contributed by atoms with van der Waals surface area (Å²) in [6.45, 7) is 6.41. The third-order valence-electron chi connectivity index (χ3n) is 3.31. The summed E-state index contributed by atoms with van der Waals surface area (Å²) in [5, 5.41) is 12.3. The largest absolute Gasteiger partial charge is 0.395 e. The summed E-state index contributed by atoms with van der Waals surface area (Å²) in [5.41, 5.74) is 0. The highest BCUT2D eigenvalue weighted by Gasteiger charge is 2.32. The van der Waals surface area contributed by atoms with Gasteiger partial charge in [-0.2, -0.15) is 0 Å². The van der Waals surface area contributed by atoms with Gasteiger partial charge in [-0.3, -0.25) is 4.79 Å². The van der Waals surface area contributed by atoms with Crippen LogP contribution >= 0.6 is 0 Å². The van der Waals surface area contributed by atoms with Gasteiger partial charge in [0.25, 0.3) is 0 Å². The van der Waals surface area contributed by atoms with Crippen molar-refractivity contribution < 1.29 is 9.90 Å². The predicted molar refractivity (Wildman–Crippen MR) is 64.1 cm³/mol. The Kier molecular flexibility index (Phi) is 5.77. The first-order valence-corrected chi connectivity index (χ1v) is 6.33. The molecule has 2 unspecified atom stereocenters. The highest BCUT2D eigenvalue weighted by Crippen LogP contribution is 2.18. The second-order valence-electron chi connectivity index (χ2n) is 4.54. The summed E-state index contributed by atoms with van der Waals surface area (Å²) in [6, 6.07) is 0.273. The number of unbranched alkanes of at least 4 members (excludes halogenated alkanes) is 1. The van der Waals surface area contributed by atoms with E-state index in [0.29, 0.717) is 6.54 Å². The molecule has 1 fully saturated rings. The summed E-state index contributed by atoms with van der Waals surface area (Å²) < 4.78 is 0. The van der Waals surface area contributed by atoms with E-state index in [1.807, 2.05) is 4.90 Å². The molecule has 0 aromatic heterocycles. The van der Waals surface area contributed by atoms with Gasteiger partial charge in [0.1, 0.15) is 0 Å². The normalized spacial score (nSPS) is 24.7. The predicted octanol–water partition coefficient (Wildman–Crippen LogP) is 0.605. The van der Waals surface area contributed by atoms with Crippen molar-refractivity contribution in [3.05, 3.63) is 0 Å². The number of nitrogens with one attached hydrogen (secondary N) is 1. The summed E-state index contributed by atoms with van der Waals surface area (Å²) in [7, 11) is 0. The van der Waals surface area contributed by atoms with Gasteiger partial charge in [-0.05, 0) is 26.3 Å². The van der Waals surface area contributed by atoms with Crippen LogP contribution in [0.25, 0.3) is 0 Å². The van der Waals surface area contributed by atoms with Gasteiger partial charge in [-0.15, -0.1) is 0 Å². The molecule has 1 saturated heterocycles. The van der Waals surface area contributed by atoms with Gasteiger partial charge in [0.05, 0.1) is 12.5 Å². The molecule has 0 aliphatic carbocycles. The molecule has 16 heavy (non-hydrogen) atoms. The average Bonchev–Trinajstić information content (AvgIpc) is 2.69. The van der Waals surface area contributed by atoms with Crippen LogP contribution in [0.1, 0.15) is 33.1 Å². The summed E-state index contributed by atoms with van der Waals surface area (Å²) in [4.78, 5) is 14.0. The highest BCUT2D eigenvalue weighted by molar-refractivity contribution is 5.79. The Labute approximate surface area is 98.0 Å². The van der Waals surface area contributed by atoms with Crippen LogP contribution in [-0.2, 0) is 4.79 Å². The fourth-order valence-corrected chi connectivity index (χ4v) is 2.23. The van der Waals surface area contributed by atoms with Crippen LogP contribution in [0.2, 0.25) is 0 Å². The maximum absolute atomic E-state index is 12.2. The third-order valence-corrected chi connectivity index (χ3v) is 3.31. The topological polar surface area (TPSA) is 52.6 Å². The molecule has 2 atom stereocenters. The quantitative estimate of drug-likeness (QED) is 0.700. The fourth-order valence-electron chi connectivity index (χ4n) is 2.23. The van der Waals surface area contributed by atoms with Crippen molar-refractivity contribution in [3.63, 3.8) is 0 Å². The van der Waals surface area contributed by atoms with Gasteiger partial charge in [0.2, 0.25) is 5.91 Å². The van der Waals surface area contributed by atoms with E-state index in [9.17, 15) is 4.79 Å². The van der Waals surface area contributed by atoms with Crippen LogP contribution in [0, 0.1) is 5.92 Å². The SMILES string of the molecule is CCCCN(CCO)C(=O)C1CCNC1C. The van der Waals surface area contributed by atoms with E-state index in [1.54, 1.807) is 0 Å². The molecule has 1 aliphatic heterocycles. The van der Waals surface area contributed by atoms with Crippen LogP contribution in [0.5, 0.6) is 0 Å². The lowest BCUT2D eigenvalue weighted by Gasteiger charge is -2.26. The van der Waals surface area contributed by atoms with E-state index in [2.05, 4.69) is 19.2 Å². The lowest BCUT2D eigenvalue weighted by molar-refractivity contribution is -0.136. The molecule has 0 aromatic rings. The van der Waals surface area contributed by atoms with Gasteiger partial charge in [0, 0.05) is 19.1 Å². The van der Waals surface area contributed by atoms with Crippen LogP contribution in [0.15, 0.2) is 0 Å². The summed E-state index contributed by atoms with van der Waals surface area (Å²) in [5.74, 6) is 0.309. The molecule has 1 heterocycles. The Hall–Kier alpha value is -0.610. The minimum Gasteiger partial charge on any atom is -0.395 e. The molecule has 0 spiro atoms. The first-order valence-electron chi connectivity index (χ1n) is 6.33. The zero-order valence-electron chi connectivity index (χ0n) is 10.4. The zero-order chi connectivity index (χ0) is 12.0. The number of aliphatic hydroxyl groups is 1. The first-order chi connectivity index (χ1) is 7.70. The number of aliphatic hydroxyl groups excluding tert-OH is 1. The molecule has 0 radical (unpaired) electrons. The molecule has 0 aromatic carbocycles. The maximum atomic E-state index is 12.2. The van der Waals surface area contributed by atoms with Crippen LogP contribution in [0.3, 0.4) is 0 Å². The van der Waals surface area contributed by atoms with Gasteiger partial charge in [-0.1, -0.05) is 13.3 Å². The number of nitrogens with zero attached hydrogens (tertiary/aromatic N) is 1. The van der Waals surface area contributed by atoms with Gasteiger partial charge in [0.15, 0.2) is 0 Å². The van der Waals surface area contributed by atoms with E-state index in [4.69, 9.17) is 5.11 Å². The van der Waals surface area contributed by atoms with Crippen molar-refractivity contribution in [1.29, 1.82) is 0 Å². The Balaban J connectivity index is 2.51. The number of hydrogen-bond acceptors (Lipinski definition) is 3. The van der Waals surface area contributed by atoms with Crippen LogP contribution in [-0.4, -0.2) is 48.2 Å². The first kappa shape index (κ1) is 13.5. The molecule has 4 heteroatoms. The summed E-state index contributed by atoms with van der Waals surface area (Å²) >= 11 is 0. The van der Waals surface area contributed by atoms with E-state index in [1.165, 1.54) is 0 Å². The molecule has 0 saturated carbocycles. The van der Waals surface area contributed by atoms with Crippen molar-refractivity contribution in [2.45, 2.75) is 39.2 Å². The van der Waals surface area contributed by atoms with E-state index in [-0.39, 0.29) is 24.5 Å². The minimum atomic E-state index is 0.0595. The molecule has 0 bridgehead atoms. The number of carbonyl (C=O) groups is 1. The Morgan fingerprint density at radius 3 is 2.75 bits per heavy atom. The smallest absolute Gasteiger partial charge is 0.227 e. The average molecular weight is 228 g/mol. The Bertz CT molecular complexity index is 221. The van der Waals surface area contributed by atoms with Crippen molar-refractivity contribution in [2.24, 2.45) is 5.92 Å². The number of carbonyl (C=O) groups excluding carboxylic acids is 1. The van der Waals surface area contributed by atoms with E-state index >= 15 is 0 Å². The second kappa shape index (κ2) is 6.86. The zero-order valence-corrected chi connectivity index (χ0v) is 10.4. The second-order valence-corrected chi connectivity index (χ2v) is 4.54. The Morgan fingerprint density at radius 1 is 1.50 bits per heavy atom. The molecular weight excluding hydrogens is 204 g/mol. The van der Waals surface area contributed by atoms with Crippen molar-refractivity contribution in [1.82, 2.24) is 10.2 Å². The molecule has 4 nitrogen and oxygen atoms in total. The molecule has 94 valence electrons. The number of hydrogen-bond donors (Lipinski definition) is 2. The molecule has 1 amide bonds. The highest BCUT2D eigenvalue weighted by atomic mass is 16.3. The third kappa shape index (κ3) is 3.46. The molecule has 1 rings (SSSR count). The standard InChI is InChI=1S/C12H24N2O2/c1-3-4-7-14(8-9-15)12(16)11-5-6-13-10(11)2/h10-11,13,15H,3-9H2,1-2H3. The van der Waals surface area contributed by atoms with Crippen LogP contribution in [0.4, 0.5) is 0 Å². The monoisotopic (exact) mass is 228 g/mol. The lowest BCUT2D eigenvalue weighted by atomic mass is 10.00. The van der Waals surface area contributed by atoms with Gasteiger partial charge >= 0.3 is 0 Å². The number of amides is 1. The van der Waals surface area contributed by atoms with Gasteiger partial charge in [-0.25, -0.2) is 0 Å². The van der Waals surface area contributed by atoms with E-state index < -0.39 is 0 Å². The molecule has 2 N–H and O–H groups in total. The van der Waals surface area contributed by atoms with Crippen molar-refractivity contribution in [2.75, 3.05) is 26.2 Å². The minimum absolute atomic E-state index is 0.0595. The van der Waals surface area contributed by atoms with Gasteiger partial charge < -0.3 is 15.3 Å².